The van der Waals surface area contributed by atoms with E-state index in [0.29, 0.717) is 11.6 Å². The number of phenolic OH excluding ortho intramolecular Hbond substituents is 1. The zero-order valence-electron chi connectivity index (χ0n) is 15.4. The van der Waals surface area contributed by atoms with Crippen molar-refractivity contribution in [2.75, 3.05) is 12.4 Å². The quantitative estimate of drug-likeness (QED) is 0.673. The molecule has 0 aliphatic heterocycles. The molecule has 3 rings (SSSR count). The van der Waals surface area contributed by atoms with E-state index in [1.54, 1.807) is 48.7 Å². The van der Waals surface area contributed by atoms with E-state index in [1.807, 2.05) is 12.1 Å². The van der Waals surface area contributed by atoms with Gasteiger partial charge in [0.1, 0.15) is 5.75 Å². The van der Waals surface area contributed by atoms with Crippen LogP contribution in [0.5, 0.6) is 5.75 Å². The Bertz CT molecular complexity index is 980. The molecule has 0 fully saturated rings. The van der Waals surface area contributed by atoms with Gasteiger partial charge in [-0.1, -0.05) is 26.0 Å². The van der Waals surface area contributed by atoms with Gasteiger partial charge in [0.2, 0.25) is 0 Å². The van der Waals surface area contributed by atoms with Crippen molar-refractivity contribution < 1.29 is 14.7 Å². The van der Waals surface area contributed by atoms with Crippen molar-refractivity contribution in [3.63, 3.8) is 0 Å². The number of hydrogen-bond donors (Lipinski definition) is 2. The summed E-state index contributed by atoms with van der Waals surface area (Å²) in [6, 6.07) is 11.9. The first-order chi connectivity index (χ1) is 12.8. The van der Waals surface area contributed by atoms with E-state index in [1.165, 1.54) is 4.90 Å². The number of likely N-dealkylation sites (N-methyl/N-ethyl adjacent to an activating group) is 1. The number of nitrogens with zero attached hydrogens (tertiary/aromatic N) is 2. The molecular weight excluding hydrogens is 362 g/mol. The van der Waals surface area contributed by atoms with Crippen LogP contribution in [0.4, 0.5) is 5.69 Å². The third-order valence-electron chi connectivity index (χ3n) is 4.05. The number of amides is 2. The fourth-order valence-electron chi connectivity index (χ4n) is 2.57. The smallest absolute Gasteiger partial charge is 0.313 e. The van der Waals surface area contributed by atoms with Gasteiger partial charge in [0.25, 0.3) is 0 Å². The molecule has 0 bridgehead atoms. The molecule has 0 aliphatic rings. The van der Waals surface area contributed by atoms with Gasteiger partial charge in [-0.05, 0) is 35.9 Å². The van der Waals surface area contributed by atoms with Gasteiger partial charge >= 0.3 is 11.8 Å². The Morgan fingerprint density at radius 1 is 1.19 bits per heavy atom. The highest BCUT2D eigenvalue weighted by Crippen LogP contribution is 2.29. The lowest BCUT2D eigenvalue weighted by Gasteiger charge is -2.16. The number of carbonyl (C=O) groups is 2. The molecule has 0 saturated carbocycles. The fraction of sp³-hybridized carbons (Fsp3) is 0.250. The number of thiazole rings is 1. The lowest BCUT2D eigenvalue weighted by Crippen LogP contribution is -2.36. The number of aromatic hydroxyl groups is 1. The zero-order valence-corrected chi connectivity index (χ0v) is 16.2. The van der Waals surface area contributed by atoms with Crippen LogP contribution in [0.3, 0.4) is 0 Å². The van der Waals surface area contributed by atoms with Crippen LogP contribution in [0.2, 0.25) is 0 Å². The predicted octanol–water partition coefficient (Wildman–Crippen LogP) is 3.72. The Hall–Kier alpha value is -2.93. The first kappa shape index (κ1) is 18.8. The molecule has 1 heterocycles. The number of benzene rings is 2. The molecule has 6 nitrogen and oxygen atoms in total. The van der Waals surface area contributed by atoms with Crippen LogP contribution < -0.4 is 5.32 Å². The van der Waals surface area contributed by atoms with E-state index in [9.17, 15) is 14.7 Å². The summed E-state index contributed by atoms with van der Waals surface area (Å²) in [7, 11) is 1.57. The van der Waals surface area contributed by atoms with Crippen molar-refractivity contribution >= 4 is 39.1 Å². The summed E-state index contributed by atoms with van der Waals surface area (Å²) in [5.41, 5.74) is 2.28. The third kappa shape index (κ3) is 4.43. The number of nitrogens with one attached hydrogen (secondary N) is 1. The Morgan fingerprint density at radius 3 is 2.56 bits per heavy atom. The van der Waals surface area contributed by atoms with Gasteiger partial charge in [-0.2, -0.15) is 0 Å². The number of aromatic nitrogens is 1. The molecule has 2 N–H and O–H groups in total. The standard InChI is InChI=1S/C20H21N3O3S/c1-12(2)19-22-16-9-6-14(10-17(16)27-19)21-18(25)20(26)23(3)11-13-4-7-15(24)8-5-13/h4-10,12,24H,11H2,1-3H3,(H,21,25). The predicted molar refractivity (Wildman–Crippen MR) is 107 cm³/mol. The average molecular weight is 383 g/mol. The van der Waals surface area contributed by atoms with Crippen LogP contribution in [0.15, 0.2) is 42.5 Å². The summed E-state index contributed by atoms with van der Waals surface area (Å²) >= 11 is 1.59. The van der Waals surface area contributed by atoms with Crippen molar-refractivity contribution in [1.29, 1.82) is 0 Å². The summed E-state index contributed by atoms with van der Waals surface area (Å²) in [4.78, 5) is 30.5. The topological polar surface area (TPSA) is 82.5 Å². The number of phenols is 1. The van der Waals surface area contributed by atoms with Gasteiger partial charge in [0.15, 0.2) is 0 Å². The van der Waals surface area contributed by atoms with Crippen molar-refractivity contribution in [3.8, 4) is 5.75 Å². The highest BCUT2D eigenvalue weighted by atomic mass is 32.1. The van der Waals surface area contributed by atoms with Gasteiger partial charge in [0, 0.05) is 25.2 Å². The maximum atomic E-state index is 12.3. The van der Waals surface area contributed by atoms with E-state index in [2.05, 4.69) is 24.1 Å². The fourth-order valence-corrected chi connectivity index (χ4v) is 3.58. The average Bonchev–Trinajstić information content (AvgIpc) is 3.06. The molecule has 0 spiro atoms. The second kappa shape index (κ2) is 7.75. The van der Waals surface area contributed by atoms with Gasteiger partial charge in [-0.15, -0.1) is 11.3 Å². The van der Waals surface area contributed by atoms with Crippen LogP contribution in [0.1, 0.15) is 30.3 Å². The normalized spacial score (nSPS) is 11.0. The molecule has 2 amide bonds. The SMILES string of the molecule is CC(C)c1nc2ccc(NC(=O)C(=O)N(C)Cc3ccc(O)cc3)cc2s1. The molecular formula is C20H21N3O3S. The lowest BCUT2D eigenvalue weighted by molar-refractivity contribution is -0.142. The molecule has 140 valence electrons. The summed E-state index contributed by atoms with van der Waals surface area (Å²) in [5.74, 6) is -0.820. The molecule has 27 heavy (non-hydrogen) atoms. The minimum Gasteiger partial charge on any atom is -0.508 e. The van der Waals surface area contributed by atoms with Crippen molar-refractivity contribution in [3.05, 3.63) is 53.0 Å². The van der Waals surface area contributed by atoms with Gasteiger partial charge in [-0.25, -0.2) is 4.98 Å². The molecule has 2 aromatic carbocycles. The Kier molecular flexibility index (Phi) is 5.41. The maximum absolute atomic E-state index is 12.3. The summed E-state index contributed by atoms with van der Waals surface area (Å²) in [6.07, 6.45) is 0. The Balaban J connectivity index is 1.67. The van der Waals surface area contributed by atoms with E-state index in [4.69, 9.17) is 0 Å². The van der Waals surface area contributed by atoms with Gasteiger partial charge < -0.3 is 15.3 Å². The van der Waals surface area contributed by atoms with Crippen molar-refractivity contribution in [2.24, 2.45) is 0 Å². The first-order valence-electron chi connectivity index (χ1n) is 8.58. The van der Waals surface area contributed by atoms with Gasteiger partial charge in [0.05, 0.1) is 15.2 Å². The number of anilines is 1. The lowest BCUT2D eigenvalue weighted by atomic mass is 10.2. The largest absolute Gasteiger partial charge is 0.508 e. The van der Waals surface area contributed by atoms with Gasteiger partial charge in [-0.3, -0.25) is 9.59 Å². The van der Waals surface area contributed by atoms with Crippen LogP contribution in [0.25, 0.3) is 10.2 Å². The molecule has 3 aromatic rings. The van der Waals surface area contributed by atoms with E-state index >= 15 is 0 Å². The second-order valence-electron chi connectivity index (χ2n) is 6.67. The molecule has 0 unspecified atom stereocenters. The molecule has 1 aromatic heterocycles. The molecule has 7 heteroatoms. The Labute approximate surface area is 161 Å². The number of hydrogen-bond acceptors (Lipinski definition) is 5. The number of carbonyl (C=O) groups excluding carboxylic acids is 2. The maximum Gasteiger partial charge on any atom is 0.313 e. The molecule has 0 aliphatic carbocycles. The molecule has 0 atom stereocenters. The third-order valence-corrected chi connectivity index (χ3v) is 5.37. The number of rotatable bonds is 4. The summed E-state index contributed by atoms with van der Waals surface area (Å²) in [6.45, 7) is 4.45. The van der Waals surface area contributed by atoms with E-state index in [0.717, 1.165) is 20.8 Å². The minimum absolute atomic E-state index is 0.157. The Morgan fingerprint density at radius 2 is 1.89 bits per heavy atom. The van der Waals surface area contributed by atoms with E-state index in [-0.39, 0.29) is 12.3 Å². The van der Waals surface area contributed by atoms with Crippen LogP contribution >= 0.6 is 11.3 Å². The zero-order chi connectivity index (χ0) is 19.6. The number of fused-ring (bicyclic) bond motifs is 1. The monoisotopic (exact) mass is 383 g/mol. The van der Waals surface area contributed by atoms with Crippen LogP contribution in [-0.4, -0.2) is 33.9 Å². The van der Waals surface area contributed by atoms with Crippen molar-refractivity contribution in [1.82, 2.24) is 9.88 Å². The van der Waals surface area contributed by atoms with E-state index < -0.39 is 11.8 Å². The van der Waals surface area contributed by atoms with Crippen LogP contribution in [-0.2, 0) is 16.1 Å². The second-order valence-corrected chi connectivity index (χ2v) is 7.73. The highest BCUT2D eigenvalue weighted by molar-refractivity contribution is 7.18. The highest BCUT2D eigenvalue weighted by Gasteiger charge is 2.19. The van der Waals surface area contributed by atoms with Crippen LogP contribution in [0, 0.1) is 0 Å². The minimum atomic E-state index is -0.691. The molecule has 0 radical (unpaired) electrons. The molecule has 0 saturated heterocycles. The summed E-state index contributed by atoms with van der Waals surface area (Å²) < 4.78 is 0.974. The first-order valence-corrected chi connectivity index (χ1v) is 9.40. The summed E-state index contributed by atoms with van der Waals surface area (Å²) in [5, 5.41) is 13.0. The van der Waals surface area contributed by atoms with Crippen molar-refractivity contribution in [2.45, 2.75) is 26.3 Å².